The molecule has 0 aromatic carbocycles. The lowest BCUT2D eigenvalue weighted by Crippen LogP contribution is -2.50. The number of primary amides is 1. The molecule has 1 fully saturated rings. The highest BCUT2D eigenvalue weighted by molar-refractivity contribution is 7.09. The number of aromatic nitrogens is 1. The average Bonchev–Trinajstić information content (AvgIpc) is 3.01. The quantitative estimate of drug-likeness (QED) is 0.846. The van der Waals surface area contributed by atoms with Crippen molar-refractivity contribution in [1.82, 2.24) is 14.8 Å². The van der Waals surface area contributed by atoms with Crippen LogP contribution in [0.1, 0.15) is 37.4 Å². The fourth-order valence-electron chi connectivity index (χ4n) is 2.84. The molecular weight excluding hydrogens is 312 g/mol. The van der Waals surface area contributed by atoms with Crippen molar-refractivity contribution >= 4 is 23.2 Å². The lowest BCUT2D eigenvalue weighted by molar-refractivity contribution is -0.139. The summed E-state index contributed by atoms with van der Waals surface area (Å²) in [6.45, 7) is 5.80. The number of thiazole rings is 1. The van der Waals surface area contributed by atoms with Gasteiger partial charge in [0.05, 0.1) is 22.7 Å². The van der Waals surface area contributed by atoms with Gasteiger partial charge in [-0.25, -0.2) is 4.98 Å². The number of hydrogen-bond acceptors (Lipinski definition) is 5. The van der Waals surface area contributed by atoms with E-state index in [4.69, 9.17) is 5.73 Å². The molecule has 1 aliphatic rings. The summed E-state index contributed by atoms with van der Waals surface area (Å²) in [4.78, 5) is 32.4. The van der Waals surface area contributed by atoms with E-state index in [1.54, 1.807) is 16.2 Å². The second kappa shape index (κ2) is 7.88. The first-order chi connectivity index (χ1) is 10.9. The number of carbonyl (C=O) groups excluding carboxylic acids is 2. The van der Waals surface area contributed by atoms with Crippen molar-refractivity contribution in [2.45, 2.75) is 45.7 Å². The minimum Gasteiger partial charge on any atom is -0.369 e. The third-order valence-corrected chi connectivity index (χ3v) is 5.51. The van der Waals surface area contributed by atoms with Gasteiger partial charge in [-0.1, -0.05) is 6.92 Å². The van der Waals surface area contributed by atoms with Gasteiger partial charge in [0, 0.05) is 25.0 Å². The normalized spacial score (nSPS) is 19.8. The van der Waals surface area contributed by atoms with Crippen molar-refractivity contribution in [3.05, 3.63) is 16.1 Å². The van der Waals surface area contributed by atoms with E-state index in [1.165, 1.54) is 0 Å². The smallest absolute Gasteiger partial charge is 0.239 e. The van der Waals surface area contributed by atoms with Gasteiger partial charge in [-0.05, 0) is 33.2 Å². The van der Waals surface area contributed by atoms with Crippen LogP contribution < -0.4 is 5.73 Å². The molecule has 2 N–H and O–H groups in total. The van der Waals surface area contributed by atoms with Gasteiger partial charge in [-0.15, -0.1) is 11.3 Å². The summed E-state index contributed by atoms with van der Waals surface area (Å²) in [5.74, 6) is -0.460. The zero-order chi connectivity index (χ0) is 17.0. The van der Waals surface area contributed by atoms with Crippen LogP contribution in [0.2, 0.25) is 0 Å². The van der Waals surface area contributed by atoms with Crippen LogP contribution in [0.4, 0.5) is 0 Å². The number of aryl methyl sites for hydroxylation is 1. The van der Waals surface area contributed by atoms with Crippen LogP contribution in [0, 0.1) is 5.92 Å². The van der Waals surface area contributed by atoms with Crippen molar-refractivity contribution in [3.63, 3.8) is 0 Å². The molecule has 0 saturated carbocycles. The molecule has 0 bridgehead atoms. The second-order valence-electron chi connectivity index (χ2n) is 6.20. The van der Waals surface area contributed by atoms with Crippen molar-refractivity contribution < 1.29 is 9.59 Å². The van der Waals surface area contributed by atoms with Crippen LogP contribution in [0.25, 0.3) is 0 Å². The Hall–Kier alpha value is -1.47. The third-order valence-electron chi connectivity index (χ3n) is 4.47. The predicted molar refractivity (Wildman–Crippen MR) is 90.9 cm³/mol. The number of piperidine rings is 1. The maximum absolute atomic E-state index is 12.7. The van der Waals surface area contributed by atoms with Crippen LogP contribution in [-0.4, -0.2) is 52.8 Å². The first-order valence-electron chi connectivity index (χ1n) is 8.14. The maximum atomic E-state index is 12.7. The monoisotopic (exact) mass is 338 g/mol. The highest BCUT2D eigenvalue weighted by Crippen LogP contribution is 2.19. The lowest BCUT2D eigenvalue weighted by atomic mass is 9.97. The minimum absolute atomic E-state index is 0.0596. The van der Waals surface area contributed by atoms with Crippen LogP contribution in [0.15, 0.2) is 5.38 Å². The number of likely N-dealkylation sites (N-methyl/N-ethyl adjacent to an activating group) is 1. The molecule has 2 heterocycles. The Morgan fingerprint density at radius 2 is 2.30 bits per heavy atom. The first-order valence-corrected chi connectivity index (χ1v) is 9.02. The largest absolute Gasteiger partial charge is 0.369 e. The van der Waals surface area contributed by atoms with Crippen LogP contribution in [-0.2, 0) is 22.6 Å². The molecule has 0 unspecified atom stereocenters. The molecule has 1 saturated heterocycles. The van der Waals surface area contributed by atoms with Crippen LogP contribution in [0.3, 0.4) is 0 Å². The zero-order valence-electron chi connectivity index (χ0n) is 14.1. The van der Waals surface area contributed by atoms with Gasteiger partial charge in [0.1, 0.15) is 0 Å². The molecule has 128 valence electrons. The number of amides is 2. The first kappa shape index (κ1) is 17.9. The third kappa shape index (κ3) is 4.51. The van der Waals surface area contributed by atoms with E-state index in [0.29, 0.717) is 19.6 Å². The van der Waals surface area contributed by atoms with Crippen molar-refractivity contribution in [1.29, 1.82) is 0 Å². The number of likely N-dealkylation sites (tertiary alicyclic amines) is 1. The summed E-state index contributed by atoms with van der Waals surface area (Å²) in [6.07, 6.45) is 2.55. The Balaban J connectivity index is 1.93. The Kier molecular flexibility index (Phi) is 6.12. The van der Waals surface area contributed by atoms with E-state index >= 15 is 0 Å². The Labute approximate surface area is 141 Å². The van der Waals surface area contributed by atoms with E-state index < -0.39 is 0 Å². The van der Waals surface area contributed by atoms with Gasteiger partial charge in [0.15, 0.2) is 0 Å². The average molecular weight is 338 g/mol. The van der Waals surface area contributed by atoms with Gasteiger partial charge in [-0.2, -0.15) is 0 Å². The summed E-state index contributed by atoms with van der Waals surface area (Å²) in [5, 5.41) is 3.17. The van der Waals surface area contributed by atoms with Crippen molar-refractivity contribution in [2.75, 3.05) is 20.1 Å². The Bertz CT molecular complexity index is 560. The highest BCUT2D eigenvalue weighted by atomic mass is 32.1. The van der Waals surface area contributed by atoms with Gasteiger partial charge < -0.3 is 10.6 Å². The van der Waals surface area contributed by atoms with Gasteiger partial charge in [0.25, 0.3) is 0 Å². The molecule has 23 heavy (non-hydrogen) atoms. The maximum Gasteiger partial charge on any atom is 0.239 e. The number of rotatable bonds is 6. The molecule has 2 rings (SSSR count). The molecule has 1 aromatic heterocycles. The molecule has 0 aliphatic carbocycles. The molecule has 1 aromatic rings. The van der Waals surface area contributed by atoms with Gasteiger partial charge in [0.2, 0.25) is 11.8 Å². The van der Waals surface area contributed by atoms with E-state index in [2.05, 4.69) is 17.3 Å². The summed E-state index contributed by atoms with van der Waals surface area (Å²) < 4.78 is 0. The summed E-state index contributed by atoms with van der Waals surface area (Å²) >= 11 is 1.66. The molecular formula is C16H26N4O2S. The molecule has 0 radical (unpaired) electrons. The fraction of sp³-hybridized carbons (Fsp3) is 0.688. The molecule has 7 heteroatoms. The van der Waals surface area contributed by atoms with Crippen molar-refractivity contribution in [3.8, 4) is 0 Å². The summed E-state index contributed by atoms with van der Waals surface area (Å²) in [7, 11) is 1.93. The molecule has 1 aliphatic heterocycles. The standard InChI is InChI=1S/C16H26N4O2S/c1-4-14-18-13(10-23-14)9-19(3)11(2)16(22)20-7-5-6-12(8-20)15(17)21/h10-12H,4-9H2,1-3H3,(H2,17,21)/t11-,12+/m1/s1. The number of hydrogen-bond donors (Lipinski definition) is 1. The minimum atomic E-state index is -0.307. The van der Waals surface area contributed by atoms with E-state index in [9.17, 15) is 9.59 Å². The summed E-state index contributed by atoms with van der Waals surface area (Å²) in [5.41, 5.74) is 6.39. The second-order valence-corrected chi connectivity index (χ2v) is 7.15. The van der Waals surface area contributed by atoms with Crippen LogP contribution >= 0.6 is 11.3 Å². The van der Waals surface area contributed by atoms with Gasteiger partial charge >= 0.3 is 0 Å². The molecule has 0 spiro atoms. The lowest BCUT2D eigenvalue weighted by Gasteiger charge is -2.35. The van der Waals surface area contributed by atoms with Crippen molar-refractivity contribution in [2.24, 2.45) is 11.7 Å². The van der Waals surface area contributed by atoms with Gasteiger partial charge in [-0.3, -0.25) is 14.5 Å². The molecule has 2 atom stereocenters. The van der Waals surface area contributed by atoms with Crippen LogP contribution in [0.5, 0.6) is 0 Å². The predicted octanol–water partition coefficient (Wildman–Crippen LogP) is 1.25. The highest BCUT2D eigenvalue weighted by Gasteiger charge is 2.30. The Morgan fingerprint density at radius 1 is 1.57 bits per heavy atom. The Morgan fingerprint density at radius 3 is 2.91 bits per heavy atom. The number of nitrogens with zero attached hydrogens (tertiary/aromatic N) is 3. The van der Waals surface area contributed by atoms with E-state index in [-0.39, 0.29) is 23.8 Å². The zero-order valence-corrected chi connectivity index (χ0v) is 14.9. The SMILES string of the molecule is CCc1nc(CN(C)[C@H](C)C(=O)N2CCC[C@H](C(N)=O)C2)cs1. The topological polar surface area (TPSA) is 79.5 Å². The molecule has 6 nitrogen and oxygen atoms in total. The van der Waals surface area contributed by atoms with E-state index in [0.717, 1.165) is 30.0 Å². The molecule has 2 amide bonds. The summed E-state index contributed by atoms with van der Waals surface area (Å²) in [6, 6.07) is -0.242. The number of nitrogens with two attached hydrogens (primary N) is 1. The fourth-order valence-corrected chi connectivity index (χ4v) is 3.57. The number of carbonyl (C=O) groups is 2. The van der Waals surface area contributed by atoms with E-state index in [1.807, 2.05) is 18.9 Å².